The van der Waals surface area contributed by atoms with E-state index >= 15 is 0 Å². The summed E-state index contributed by atoms with van der Waals surface area (Å²) in [6, 6.07) is 18.4. The van der Waals surface area contributed by atoms with Gasteiger partial charge in [0.25, 0.3) is 0 Å². The molecule has 4 aliphatic rings. The second-order valence-corrected chi connectivity index (χ2v) is 9.48. The van der Waals surface area contributed by atoms with Crippen LogP contribution in [0, 0.1) is 11.8 Å². The van der Waals surface area contributed by atoms with Crippen LogP contribution in [-0.4, -0.2) is 42.4 Å². The van der Waals surface area contributed by atoms with E-state index in [0.717, 1.165) is 11.1 Å². The molecule has 3 aromatic carbocycles. The molecule has 8 heteroatoms. The maximum Gasteiger partial charge on any atom is 0.240 e. The smallest absolute Gasteiger partial charge is 0.240 e. The molecule has 37 heavy (non-hydrogen) atoms. The van der Waals surface area contributed by atoms with Crippen molar-refractivity contribution in [3.8, 4) is 17.2 Å². The number of imide groups is 1. The fourth-order valence-electron chi connectivity index (χ4n) is 6.06. The van der Waals surface area contributed by atoms with Gasteiger partial charge in [-0.25, -0.2) is 4.90 Å². The molecule has 0 spiro atoms. The van der Waals surface area contributed by atoms with Crippen LogP contribution >= 0.6 is 0 Å². The van der Waals surface area contributed by atoms with Crippen molar-refractivity contribution in [3.63, 3.8) is 0 Å². The number of amides is 2. The monoisotopic (exact) mass is 494 g/mol. The lowest BCUT2D eigenvalue weighted by molar-refractivity contribution is -0.123. The van der Waals surface area contributed by atoms with E-state index in [0.29, 0.717) is 28.5 Å². The molecule has 0 radical (unpaired) electrons. The van der Waals surface area contributed by atoms with Gasteiger partial charge >= 0.3 is 0 Å². The summed E-state index contributed by atoms with van der Waals surface area (Å²) in [5.41, 5.74) is 2.77. The molecule has 4 atom stereocenters. The number of anilines is 1. The van der Waals surface area contributed by atoms with Crippen LogP contribution in [0.1, 0.15) is 27.5 Å². The van der Waals surface area contributed by atoms with Crippen LogP contribution in [0.4, 0.5) is 5.69 Å². The van der Waals surface area contributed by atoms with Gasteiger partial charge in [-0.05, 0) is 53.6 Å². The second kappa shape index (κ2) is 7.96. The first-order valence-electron chi connectivity index (χ1n) is 12.1. The normalized spacial score (nSPS) is 24.7. The Balaban J connectivity index is 1.34. The lowest BCUT2D eigenvalue weighted by Gasteiger charge is -2.35. The quantitative estimate of drug-likeness (QED) is 0.403. The predicted octanol–water partition coefficient (Wildman–Crippen LogP) is 3.82. The minimum atomic E-state index is -0.840. The van der Waals surface area contributed by atoms with E-state index in [1.807, 2.05) is 41.4 Å². The predicted molar refractivity (Wildman–Crippen MR) is 133 cm³/mol. The molecule has 0 unspecified atom stereocenters. The zero-order valence-corrected chi connectivity index (χ0v) is 19.9. The van der Waals surface area contributed by atoms with E-state index in [1.165, 1.54) is 4.90 Å². The summed E-state index contributed by atoms with van der Waals surface area (Å²) in [7, 11) is 1.56. The highest BCUT2D eigenvalue weighted by molar-refractivity contribution is 6.24. The number of hydrogen-bond donors (Lipinski definition) is 0. The Bertz CT molecular complexity index is 1500. The number of fused-ring (bicyclic) bond motifs is 6. The van der Waals surface area contributed by atoms with Crippen LogP contribution in [0.15, 0.2) is 72.9 Å². The number of hydrogen-bond acceptors (Lipinski definition) is 7. The van der Waals surface area contributed by atoms with Gasteiger partial charge in [0.15, 0.2) is 17.3 Å². The molecule has 184 valence electrons. The average Bonchev–Trinajstić information content (AvgIpc) is 3.61. The number of nitrogens with zero attached hydrogens (tertiary/aromatic N) is 2. The molecule has 0 N–H and O–H groups in total. The summed E-state index contributed by atoms with van der Waals surface area (Å²) >= 11 is 0. The third-order valence-electron chi connectivity index (χ3n) is 7.72. The first-order chi connectivity index (χ1) is 18.1. The zero-order chi connectivity index (χ0) is 25.3. The maximum atomic E-state index is 14.0. The van der Waals surface area contributed by atoms with Gasteiger partial charge < -0.3 is 19.1 Å². The number of carbonyl (C=O) groups is 3. The molecule has 0 aromatic heterocycles. The molecular formula is C29H22N2O6. The minimum Gasteiger partial charge on any atom is -0.497 e. The Hall–Kier alpha value is -4.59. The highest BCUT2D eigenvalue weighted by Gasteiger charge is 2.64. The molecule has 2 amide bonds. The lowest BCUT2D eigenvalue weighted by Crippen LogP contribution is -2.44. The Labute approximate surface area is 212 Å². The second-order valence-electron chi connectivity index (χ2n) is 9.48. The van der Waals surface area contributed by atoms with Gasteiger partial charge in [0.1, 0.15) is 11.8 Å². The largest absolute Gasteiger partial charge is 0.497 e. The van der Waals surface area contributed by atoms with Crippen molar-refractivity contribution in [2.75, 3.05) is 18.8 Å². The SMILES string of the molecule is COc1ccc(C(=O)[C@@H]2[C@@H]3C(=O)N(c4ccc5c(c4)OCO5)C(=O)[C@@H]3[C@@H]3c4ccccc4C=CN23)cc1. The van der Waals surface area contributed by atoms with Gasteiger partial charge in [-0.1, -0.05) is 24.3 Å². The van der Waals surface area contributed by atoms with Gasteiger partial charge in [-0.2, -0.15) is 0 Å². The van der Waals surface area contributed by atoms with E-state index in [4.69, 9.17) is 14.2 Å². The number of Topliss-reactive ketones (excluding diaryl/α,β-unsaturated/α-hetero) is 1. The van der Waals surface area contributed by atoms with Crippen molar-refractivity contribution in [3.05, 3.63) is 89.6 Å². The first-order valence-corrected chi connectivity index (χ1v) is 12.1. The van der Waals surface area contributed by atoms with Crippen molar-refractivity contribution in [2.24, 2.45) is 11.8 Å². The number of methoxy groups -OCH3 is 1. The highest BCUT2D eigenvalue weighted by Crippen LogP contribution is 2.54. The van der Waals surface area contributed by atoms with Gasteiger partial charge in [0.2, 0.25) is 18.6 Å². The van der Waals surface area contributed by atoms with Crippen LogP contribution in [0.5, 0.6) is 17.2 Å². The van der Waals surface area contributed by atoms with Crippen molar-refractivity contribution in [1.29, 1.82) is 0 Å². The Kier molecular flexibility index (Phi) is 4.66. The molecule has 0 bridgehead atoms. The number of ketones is 1. The van der Waals surface area contributed by atoms with Gasteiger partial charge in [-0.15, -0.1) is 0 Å². The molecule has 2 saturated heterocycles. The number of ether oxygens (including phenoxy) is 3. The Morgan fingerprint density at radius 2 is 1.68 bits per heavy atom. The number of rotatable bonds is 4. The van der Waals surface area contributed by atoms with Gasteiger partial charge in [0.05, 0.1) is 30.7 Å². The highest BCUT2D eigenvalue weighted by atomic mass is 16.7. The van der Waals surface area contributed by atoms with Crippen molar-refractivity contribution < 1.29 is 28.6 Å². The van der Waals surface area contributed by atoms with Crippen LogP contribution in [0.25, 0.3) is 6.08 Å². The molecule has 3 aromatic rings. The minimum absolute atomic E-state index is 0.0878. The first kappa shape index (κ1) is 21.7. The Morgan fingerprint density at radius 3 is 2.49 bits per heavy atom. The molecule has 4 heterocycles. The van der Waals surface area contributed by atoms with E-state index in [1.54, 1.807) is 49.6 Å². The molecule has 8 nitrogen and oxygen atoms in total. The summed E-state index contributed by atoms with van der Waals surface area (Å²) in [5, 5.41) is 0. The van der Waals surface area contributed by atoms with E-state index in [9.17, 15) is 14.4 Å². The fraction of sp³-hybridized carbons (Fsp3) is 0.207. The van der Waals surface area contributed by atoms with E-state index < -0.39 is 23.9 Å². The molecular weight excluding hydrogens is 472 g/mol. The van der Waals surface area contributed by atoms with Crippen LogP contribution < -0.4 is 19.1 Å². The summed E-state index contributed by atoms with van der Waals surface area (Å²) in [6.07, 6.45) is 3.79. The van der Waals surface area contributed by atoms with Crippen LogP contribution in [0.2, 0.25) is 0 Å². The molecule has 4 aliphatic heterocycles. The standard InChI is InChI=1S/C29H22N2O6/c1-35-19-9-6-17(7-10-19)27(32)26-24-23(25-20-5-3-2-4-16(20)12-13-30(25)26)28(33)31(29(24)34)18-8-11-21-22(14-18)37-15-36-21/h2-14,23-26H,15H2,1H3/t23-,24+,25-,26-/m0/s1. The Morgan fingerprint density at radius 1 is 0.919 bits per heavy atom. The van der Waals surface area contributed by atoms with Crippen LogP contribution in [0.3, 0.4) is 0 Å². The van der Waals surface area contributed by atoms with Crippen molar-refractivity contribution in [2.45, 2.75) is 12.1 Å². The van der Waals surface area contributed by atoms with Crippen molar-refractivity contribution >= 4 is 29.4 Å². The van der Waals surface area contributed by atoms with E-state index in [-0.39, 0.29) is 24.4 Å². The number of benzene rings is 3. The summed E-state index contributed by atoms with van der Waals surface area (Å²) in [5.74, 6) is -0.796. The lowest BCUT2D eigenvalue weighted by atomic mass is 9.83. The van der Waals surface area contributed by atoms with Crippen LogP contribution in [-0.2, 0) is 9.59 Å². The molecule has 2 fully saturated rings. The number of carbonyl (C=O) groups excluding carboxylic acids is 3. The third kappa shape index (κ3) is 3.05. The molecule has 7 rings (SSSR count). The van der Waals surface area contributed by atoms with Crippen molar-refractivity contribution in [1.82, 2.24) is 4.90 Å². The van der Waals surface area contributed by atoms with Gasteiger partial charge in [0, 0.05) is 17.8 Å². The zero-order valence-electron chi connectivity index (χ0n) is 19.9. The van der Waals surface area contributed by atoms with Gasteiger partial charge in [-0.3, -0.25) is 14.4 Å². The topological polar surface area (TPSA) is 85.4 Å². The summed E-state index contributed by atoms with van der Waals surface area (Å²) < 4.78 is 16.1. The summed E-state index contributed by atoms with van der Waals surface area (Å²) in [6.45, 7) is 0.0878. The summed E-state index contributed by atoms with van der Waals surface area (Å²) in [4.78, 5) is 45.1. The van der Waals surface area contributed by atoms with E-state index in [2.05, 4.69) is 0 Å². The molecule has 0 aliphatic carbocycles. The molecule has 0 saturated carbocycles. The third-order valence-corrected chi connectivity index (χ3v) is 7.72. The fourth-order valence-corrected chi connectivity index (χ4v) is 6.06. The maximum absolute atomic E-state index is 14.0. The average molecular weight is 495 g/mol.